The number of nitrogens with zero attached hydrogens (tertiary/aromatic N) is 1. The first-order valence-electron chi connectivity index (χ1n) is 6.39. The molecule has 0 bridgehead atoms. The second-order valence-corrected chi connectivity index (χ2v) is 6.60. The maximum atomic E-state index is 12.0. The van der Waals surface area contributed by atoms with Crippen LogP contribution in [0.5, 0.6) is 0 Å². The van der Waals surface area contributed by atoms with Crippen molar-refractivity contribution in [3.05, 3.63) is 52.9 Å². The van der Waals surface area contributed by atoms with Crippen molar-refractivity contribution >= 4 is 27.4 Å². The van der Waals surface area contributed by atoms with E-state index in [2.05, 4.69) is 5.16 Å². The van der Waals surface area contributed by atoms with Gasteiger partial charge in [0.25, 0.3) is 0 Å². The van der Waals surface area contributed by atoms with Gasteiger partial charge < -0.3 is 4.42 Å². The fourth-order valence-electron chi connectivity index (χ4n) is 2.18. The lowest BCUT2D eigenvalue weighted by Crippen LogP contribution is -2.12. The molecule has 1 aromatic heterocycles. The van der Waals surface area contributed by atoms with E-state index in [0.29, 0.717) is 17.2 Å². The van der Waals surface area contributed by atoms with Gasteiger partial charge in [-0.1, -0.05) is 16.8 Å². The predicted octanol–water partition coefficient (Wildman–Crippen LogP) is 3.38. The first-order valence-corrected chi connectivity index (χ1v) is 8.18. The fourth-order valence-corrected chi connectivity index (χ4v) is 3.05. The molecule has 1 aliphatic carbocycles. The molecule has 21 heavy (non-hydrogen) atoms. The van der Waals surface area contributed by atoms with Crippen LogP contribution in [0, 0.1) is 0 Å². The van der Waals surface area contributed by atoms with Crippen molar-refractivity contribution in [2.75, 3.05) is 0 Å². The molecular formula is C14H12ClNO4S. The van der Waals surface area contributed by atoms with E-state index in [1.165, 1.54) is 24.3 Å². The number of rotatable bonds is 3. The van der Waals surface area contributed by atoms with Crippen molar-refractivity contribution in [3.8, 4) is 0 Å². The van der Waals surface area contributed by atoms with Crippen LogP contribution in [-0.2, 0) is 20.8 Å². The van der Waals surface area contributed by atoms with Crippen molar-refractivity contribution in [1.29, 1.82) is 0 Å². The highest BCUT2D eigenvalue weighted by Gasteiger charge is 2.21. The maximum Gasteiger partial charge on any atom is 0.358 e. The Bertz CT molecular complexity index is 778. The van der Waals surface area contributed by atoms with Crippen LogP contribution in [0.4, 0.5) is 0 Å². The van der Waals surface area contributed by atoms with Crippen molar-refractivity contribution in [2.45, 2.75) is 24.2 Å². The first kappa shape index (κ1) is 14.2. The van der Waals surface area contributed by atoms with Gasteiger partial charge in [0.2, 0.25) is 0 Å². The monoisotopic (exact) mass is 325 g/mol. The summed E-state index contributed by atoms with van der Waals surface area (Å²) in [4.78, 5) is 0.0134. The van der Waals surface area contributed by atoms with E-state index in [4.69, 9.17) is 20.3 Å². The molecule has 0 amide bonds. The Hall–Kier alpha value is -1.79. The van der Waals surface area contributed by atoms with Gasteiger partial charge in [0.1, 0.15) is 10.7 Å². The molecule has 0 fully saturated rings. The minimum absolute atomic E-state index is 0.0134. The van der Waals surface area contributed by atoms with Crippen LogP contribution in [0.2, 0.25) is 5.02 Å². The van der Waals surface area contributed by atoms with Gasteiger partial charge in [-0.3, -0.25) is 4.28 Å². The molecule has 1 aromatic carbocycles. The van der Waals surface area contributed by atoms with E-state index in [1.54, 1.807) is 12.3 Å². The maximum absolute atomic E-state index is 12.0. The fraction of sp³-hybridized carbons (Fsp3) is 0.214. The highest BCUT2D eigenvalue weighted by molar-refractivity contribution is 7.86. The molecule has 0 saturated heterocycles. The topological polar surface area (TPSA) is 68.9 Å². The second-order valence-electron chi connectivity index (χ2n) is 4.63. The number of furan rings is 1. The highest BCUT2D eigenvalue weighted by atomic mass is 35.5. The quantitative estimate of drug-likeness (QED) is 0.811. The summed E-state index contributed by atoms with van der Waals surface area (Å²) >= 11 is 5.73. The van der Waals surface area contributed by atoms with Crippen molar-refractivity contribution < 1.29 is 17.1 Å². The normalized spacial score (nSPS) is 16.7. The number of aryl methyl sites for hydroxylation is 1. The Morgan fingerprint density at radius 1 is 1.14 bits per heavy atom. The summed E-state index contributed by atoms with van der Waals surface area (Å²) in [5, 5.41) is 4.26. The molecule has 0 aliphatic heterocycles. The predicted molar refractivity (Wildman–Crippen MR) is 77.9 cm³/mol. The Morgan fingerprint density at radius 3 is 2.67 bits per heavy atom. The molecular weight excluding hydrogens is 314 g/mol. The average molecular weight is 326 g/mol. The Kier molecular flexibility index (Phi) is 3.73. The molecule has 5 nitrogen and oxygen atoms in total. The summed E-state index contributed by atoms with van der Waals surface area (Å²) in [7, 11) is -3.94. The molecule has 2 aromatic rings. The third kappa shape index (κ3) is 2.96. The molecule has 0 radical (unpaired) electrons. The van der Waals surface area contributed by atoms with Gasteiger partial charge in [0.05, 0.1) is 12.0 Å². The van der Waals surface area contributed by atoms with Gasteiger partial charge >= 0.3 is 10.1 Å². The molecule has 0 saturated carbocycles. The SMILES string of the molecule is O=S(=O)(O/N=C1\CCCc2occc21)c1ccc(Cl)cc1. The third-order valence-corrected chi connectivity index (χ3v) is 4.59. The Morgan fingerprint density at radius 2 is 1.90 bits per heavy atom. The van der Waals surface area contributed by atoms with Gasteiger partial charge in [-0.2, -0.15) is 8.42 Å². The van der Waals surface area contributed by atoms with E-state index < -0.39 is 10.1 Å². The molecule has 0 N–H and O–H groups in total. The van der Waals surface area contributed by atoms with E-state index in [0.717, 1.165) is 24.2 Å². The van der Waals surface area contributed by atoms with Crippen LogP contribution >= 0.6 is 11.6 Å². The minimum Gasteiger partial charge on any atom is -0.469 e. The third-order valence-electron chi connectivity index (χ3n) is 3.22. The van der Waals surface area contributed by atoms with Crippen LogP contribution in [-0.4, -0.2) is 14.1 Å². The Labute approximate surface area is 127 Å². The lowest BCUT2D eigenvalue weighted by atomic mass is 9.97. The molecule has 110 valence electrons. The number of halogens is 1. The molecule has 3 rings (SSSR count). The largest absolute Gasteiger partial charge is 0.469 e. The number of fused-ring (bicyclic) bond motifs is 1. The number of benzene rings is 1. The zero-order valence-electron chi connectivity index (χ0n) is 11.0. The van der Waals surface area contributed by atoms with Gasteiger partial charge in [-0.15, -0.1) is 0 Å². The van der Waals surface area contributed by atoms with Crippen LogP contribution in [0.25, 0.3) is 0 Å². The highest BCUT2D eigenvalue weighted by Crippen LogP contribution is 2.24. The molecule has 0 atom stereocenters. The Balaban J connectivity index is 1.85. The minimum atomic E-state index is -3.94. The number of oxime groups is 1. The second kappa shape index (κ2) is 5.54. The summed E-state index contributed by atoms with van der Waals surface area (Å²) in [6.07, 6.45) is 3.90. The summed E-state index contributed by atoms with van der Waals surface area (Å²) < 4.78 is 34.2. The van der Waals surface area contributed by atoms with Gasteiger partial charge in [-0.05, 0) is 43.2 Å². The zero-order chi connectivity index (χ0) is 14.9. The number of hydrogen-bond acceptors (Lipinski definition) is 5. The van der Waals surface area contributed by atoms with Crippen molar-refractivity contribution in [1.82, 2.24) is 0 Å². The standard InChI is InChI=1S/C14H12ClNO4S/c15-10-4-6-11(7-5-10)21(17,18)20-16-13-2-1-3-14-12(13)8-9-19-14/h4-9H,1-3H2/b16-13+. The zero-order valence-corrected chi connectivity index (χ0v) is 12.5. The van der Waals surface area contributed by atoms with Crippen LogP contribution in [0.15, 0.2) is 51.1 Å². The van der Waals surface area contributed by atoms with Crippen LogP contribution in [0.3, 0.4) is 0 Å². The lowest BCUT2D eigenvalue weighted by Gasteiger charge is -2.11. The average Bonchev–Trinajstić information content (AvgIpc) is 2.94. The molecule has 7 heteroatoms. The van der Waals surface area contributed by atoms with E-state index in [9.17, 15) is 8.42 Å². The molecule has 1 aliphatic rings. The summed E-state index contributed by atoms with van der Waals surface area (Å²) in [5.41, 5.74) is 1.40. The van der Waals surface area contributed by atoms with E-state index in [1.807, 2.05) is 0 Å². The summed E-state index contributed by atoms with van der Waals surface area (Å²) in [5.74, 6) is 0.812. The lowest BCUT2D eigenvalue weighted by molar-refractivity contribution is 0.337. The number of hydrogen-bond donors (Lipinski definition) is 0. The van der Waals surface area contributed by atoms with Crippen LogP contribution < -0.4 is 0 Å². The molecule has 0 unspecified atom stereocenters. The smallest absolute Gasteiger partial charge is 0.358 e. The summed E-state index contributed by atoms with van der Waals surface area (Å²) in [6, 6.07) is 7.50. The molecule has 0 spiro atoms. The van der Waals surface area contributed by atoms with Crippen LogP contribution in [0.1, 0.15) is 24.2 Å². The van der Waals surface area contributed by atoms with Gasteiger partial charge in [0, 0.05) is 17.0 Å². The van der Waals surface area contributed by atoms with Crippen molar-refractivity contribution in [3.63, 3.8) is 0 Å². The van der Waals surface area contributed by atoms with E-state index >= 15 is 0 Å². The first-order chi connectivity index (χ1) is 10.1. The summed E-state index contributed by atoms with van der Waals surface area (Å²) in [6.45, 7) is 0. The van der Waals surface area contributed by atoms with Gasteiger partial charge in [0.15, 0.2) is 0 Å². The van der Waals surface area contributed by atoms with E-state index in [-0.39, 0.29) is 4.90 Å². The molecule has 1 heterocycles. The van der Waals surface area contributed by atoms with Gasteiger partial charge in [-0.25, -0.2) is 0 Å². The van der Waals surface area contributed by atoms with Crippen molar-refractivity contribution in [2.24, 2.45) is 5.16 Å².